The van der Waals surface area contributed by atoms with Crippen molar-refractivity contribution in [3.05, 3.63) is 22.7 Å². The second kappa shape index (κ2) is 5.78. The largest absolute Gasteiger partial charge is 0.398 e. The molecule has 1 aromatic rings. The summed E-state index contributed by atoms with van der Waals surface area (Å²) in [6.07, 6.45) is 0.586. The lowest BCUT2D eigenvalue weighted by Gasteiger charge is -2.22. The van der Waals surface area contributed by atoms with Crippen LogP contribution >= 0.6 is 15.9 Å². The minimum atomic E-state index is -3.57. The molecule has 0 amide bonds. The van der Waals surface area contributed by atoms with Crippen LogP contribution in [0.2, 0.25) is 0 Å². The fourth-order valence-electron chi connectivity index (χ4n) is 2.05. The van der Waals surface area contributed by atoms with Gasteiger partial charge in [-0.1, -0.05) is 15.9 Å². The monoisotopic (exact) mass is 348 g/mol. The number of rotatable bonds is 2. The fraction of sp³-hybridized carbons (Fsp3) is 0.500. The molecule has 1 saturated heterocycles. The quantitative estimate of drug-likeness (QED) is 0.827. The summed E-state index contributed by atoms with van der Waals surface area (Å²) in [4.78, 5) is 0.149. The molecular formula is C12H17BrN2O3S. The van der Waals surface area contributed by atoms with Crippen LogP contribution in [-0.2, 0) is 14.8 Å². The Balaban J connectivity index is 2.38. The molecular weight excluding hydrogens is 332 g/mol. The molecule has 1 heterocycles. The van der Waals surface area contributed by atoms with E-state index in [0.29, 0.717) is 30.6 Å². The Bertz CT molecular complexity index is 562. The molecule has 19 heavy (non-hydrogen) atoms. The van der Waals surface area contributed by atoms with E-state index in [1.165, 1.54) is 4.31 Å². The molecule has 2 rings (SSSR count). The van der Waals surface area contributed by atoms with E-state index in [1.807, 2.05) is 6.92 Å². The predicted molar refractivity (Wildman–Crippen MR) is 77.3 cm³/mol. The Labute approximate surface area is 121 Å². The highest BCUT2D eigenvalue weighted by Gasteiger charge is 2.29. The number of halogens is 1. The van der Waals surface area contributed by atoms with E-state index >= 15 is 0 Å². The molecule has 1 fully saturated rings. The maximum Gasteiger partial charge on any atom is 0.245 e. The third-order valence-electron chi connectivity index (χ3n) is 3.01. The molecule has 1 aliphatic heterocycles. The first-order chi connectivity index (χ1) is 8.91. The summed E-state index contributed by atoms with van der Waals surface area (Å²) in [5.41, 5.74) is 6.06. The van der Waals surface area contributed by atoms with Crippen molar-refractivity contribution in [1.29, 1.82) is 0 Å². The number of sulfonamides is 1. The topological polar surface area (TPSA) is 72.6 Å². The highest BCUT2D eigenvalue weighted by atomic mass is 79.9. The number of hydrogen-bond donors (Lipinski definition) is 1. The molecule has 0 bridgehead atoms. The first-order valence-electron chi connectivity index (χ1n) is 6.08. The van der Waals surface area contributed by atoms with Crippen molar-refractivity contribution in [2.45, 2.75) is 24.3 Å². The zero-order valence-corrected chi connectivity index (χ0v) is 13.1. The minimum Gasteiger partial charge on any atom is -0.398 e. The van der Waals surface area contributed by atoms with Gasteiger partial charge in [-0.15, -0.1) is 0 Å². The van der Waals surface area contributed by atoms with E-state index in [1.54, 1.807) is 18.2 Å². The van der Waals surface area contributed by atoms with Crippen LogP contribution < -0.4 is 5.73 Å². The molecule has 7 heteroatoms. The summed E-state index contributed by atoms with van der Waals surface area (Å²) in [7, 11) is -3.57. The van der Waals surface area contributed by atoms with Gasteiger partial charge < -0.3 is 10.5 Å². The van der Waals surface area contributed by atoms with E-state index < -0.39 is 10.0 Å². The summed E-state index contributed by atoms with van der Waals surface area (Å²) >= 11 is 3.28. The third-order valence-corrected chi connectivity index (χ3v) is 5.42. The molecule has 0 spiro atoms. The number of ether oxygens (including phenoxy) is 1. The Hall–Kier alpha value is -0.630. The second-order valence-corrected chi connectivity index (χ2v) is 7.40. The van der Waals surface area contributed by atoms with Gasteiger partial charge in [0.25, 0.3) is 0 Å². The lowest BCUT2D eigenvalue weighted by Crippen LogP contribution is -2.36. The lowest BCUT2D eigenvalue weighted by molar-refractivity contribution is 0.0752. The maximum absolute atomic E-state index is 12.6. The van der Waals surface area contributed by atoms with Crippen molar-refractivity contribution in [1.82, 2.24) is 4.31 Å². The average Bonchev–Trinajstić information content (AvgIpc) is 2.57. The SMILES string of the molecule is CC1CN(S(=O)(=O)c2cc(Br)ccc2N)CCCO1. The van der Waals surface area contributed by atoms with E-state index in [9.17, 15) is 8.42 Å². The van der Waals surface area contributed by atoms with Crippen LogP contribution in [0.1, 0.15) is 13.3 Å². The van der Waals surface area contributed by atoms with Crippen LogP contribution in [0.25, 0.3) is 0 Å². The highest BCUT2D eigenvalue weighted by molar-refractivity contribution is 9.10. The van der Waals surface area contributed by atoms with Gasteiger partial charge in [0.1, 0.15) is 4.90 Å². The van der Waals surface area contributed by atoms with Crippen LogP contribution in [0.3, 0.4) is 0 Å². The van der Waals surface area contributed by atoms with Crippen molar-refractivity contribution < 1.29 is 13.2 Å². The summed E-state index contributed by atoms with van der Waals surface area (Å²) in [6.45, 7) is 3.27. The molecule has 0 aliphatic carbocycles. The molecule has 106 valence electrons. The average molecular weight is 349 g/mol. The minimum absolute atomic E-state index is 0.106. The van der Waals surface area contributed by atoms with Gasteiger partial charge in [0.2, 0.25) is 10.0 Å². The second-order valence-electron chi connectivity index (χ2n) is 4.58. The van der Waals surface area contributed by atoms with E-state index in [4.69, 9.17) is 10.5 Å². The van der Waals surface area contributed by atoms with Crippen molar-refractivity contribution in [2.24, 2.45) is 0 Å². The van der Waals surface area contributed by atoms with Gasteiger partial charge in [-0.3, -0.25) is 0 Å². The van der Waals surface area contributed by atoms with Crippen LogP contribution in [0, 0.1) is 0 Å². The highest BCUT2D eigenvalue weighted by Crippen LogP contribution is 2.27. The lowest BCUT2D eigenvalue weighted by atomic mass is 10.3. The normalized spacial score (nSPS) is 22.1. The van der Waals surface area contributed by atoms with Crippen molar-refractivity contribution in [3.8, 4) is 0 Å². The number of nitrogens with zero attached hydrogens (tertiary/aromatic N) is 1. The number of hydrogen-bond acceptors (Lipinski definition) is 4. The van der Waals surface area contributed by atoms with Crippen LogP contribution in [0.15, 0.2) is 27.6 Å². The number of nitrogen functional groups attached to an aromatic ring is 1. The van der Waals surface area contributed by atoms with Crippen molar-refractivity contribution in [2.75, 3.05) is 25.4 Å². The summed E-state index contributed by atoms with van der Waals surface area (Å²) < 4.78 is 32.9. The Morgan fingerprint density at radius 3 is 2.95 bits per heavy atom. The van der Waals surface area contributed by atoms with Gasteiger partial charge in [-0.05, 0) is 31.5 Å². The standard InChI is InChI=1S/C12H17BrN2O3S/c1-9-8-15(5-2-6-18-9)19(16,17)12-7-10(13)3-4-11(12)14/h3-4,7,9H,2,5-6,8,14H2,1H3. The Kier molecular flexibility index (Phi) is 4.50. The molecule has 0 aromatic heterocycles. The molecule has 5 nitrogen and oxygen atoms in total. The maximum atomic E-state index is 12.6. The molecule has 0 saturated carbocycles. The molecule has 2 N–H and O–H groups in total. The first-order valence-corrected chi connectivity index (χ1v) is 8.31. The van der Waals surface area contributed by atoms with E-state index in [2.05, 4.69) is 15.9 Å². The van der Waals surface area contributed by atoms with Crippen LogP contribution in [-0.4, -0.2) is 38.5 Å². The summed E-state index contributed by atoms with van der Waals surface area (Å²) in [5.74, 6) is 0. The molecule has 1 unspecified atom stereocenters. The number of nitrogens with two attached hydrogens (primary N) is 1. The van der Waals surface area contributed by atoms with E-state index in [0.717, 1.165) is 0 Å². The van der Waals surface area contributed by atoms with Gasteiger partial charge in [-0.2, -0.15) is 4.31 Å². The third kappa shape index (κ3) is 3.28. The van der Waals surface area contributed by atoms with Gasteiger partial charge in [0.15, 0.2) is 0 Å². The van der Waals surface area contributed by atoms with Gasteiger partial charge in [-0.25, -0.2) is 8.42 Å². The summed E-state index contributed by atoms with van der Waals surface area (Å²) in [6, 6.07) is 4.86. The van der Waals surface area contributed by atoms with Crippen LogP contribution in [0.5, 0.6) is 0 Å². The Morgan fingerprint density at radius 1 is 1.47 bits per heavy atom. The molecule has 1 atom stereocenters. The zero-order chi connectivity index (χ0) is 14.0. The Morgan fingerprint density at radius 2 is 2.21 bits per heavy atom. The molecule has 0 radical (unpaired) electrons. The molecule has 1 aromatic carbocycles. The van der Waals surface area contributed by atoms with Gasteiger partial charge in [0.05, 0.1) is 11.8 Å². The van der Waals surface area contributed by atoms with Crippen molar-refractivity contribution in [3.63, 3.8) is 0 Å². The predicted octanol–water partition coefficient (Wildman–Crippen LogP) is 1.83. The summed E-state index contributed by atoms with van der Waals surface area (Å²) in [5, 5.41) is 0. The van der Waals surface area contributed by atoms with Crippen LogP contribution in [0.4, 0.5) is 5.69 Å². The van der Waals surface area contributed by atoms with Gasteiger partial charge >= 0.3 is 0 Å². The van der Waals surface area contributed by atoms with Crippen molar-refractivity contribution >= 4 is 31.6 Å². The van der Waals surface area contributed by atoms with E-state index in [-0.39, 0.29) is 16.7 Å². The fourth-order valence-corrected chi connectivity index (χ4v) is 4.25. The first kappa shape index (κ1) is 14.8. The smallest absolute Gasteiger partial charge is 0.245 e. The number of anilines is 1. The van der Waals surface area contributed by atoms with Gasteiger partial charge in [0, 0.05) is 24.2 Å². The zero-order valence-electron chi connectivity index (χ0n) is 10.7. The molecule has 1 aliphatic rings. The number of benzene rings is 1.